The van der Waals surface area contributed by atoms with Crippen LogP contribution < -0.4 is 0 Å². The van der Waals surface area contributed by atoms with E-state index in [1.165, 1.54) is 11.5 Å². The standard InChI is InChI=1S/C14H17N3O2/c1-10(18)14-15-11-6-4-5-7-12(11)17(14)13(19)8-9-16(2)3/h4-7H,8-9H2,1-3H3. The Morgan fingerprint density at radius 2 is 1.95 bits per heavy atom. The maximum atomic E-state index is 12.3. The fraction of sp³-hybridized carbons (Fsp3) is 0.357. The minimum absolute atomic E-state index is 0.104. The number of fused-ring (bicyclic) bond motifs is 1. The van der Waals surface area contributed by atoms with Crippen molar-refractivity contribution in [1.82, 2.24) is 14.5 Å². The number of benzene rings is 1. The third kappa shape index (κ3) is 2.71. The topological polar surface area (TPSA) is 55.2 Å². The predicted molar refractivity (Wildman–Crippen MR) is 73.5 cm³/mol. The molecule has 5 heteroatoms. The molecule has 2 rings (SSSR count). The zero-order valence-corrected chi connectivity index (χ0v) is 11.4. The van der Waals surface area contributed by atoms with Crippen molar-refractivity contribution < 1.29 is 9.59 Å². The van der Waals surface area contributed by atoms with Crippen LogP contribution in [0.15, 0.2) is 24.3 Å². The van der Waals surface area contributed by atoms with E-state index in [1.54, 1.807) is 6.07 Å². The number of carbonyl (C=O) groups is 2. The molecule has 0 saturated heterocycles. The molecule has 0 saturated carbocycles. The van der Waals surface area contributed by atoms with Gasteiger partial charge in [-0.1, -0.05) is 12.1 Å². The first-order valence-electron chi connectivity index (χ1n) is 6.17. The molecule has 0 bridgehead atoms. The second kappa shape index (κ2) is 5.32. The highest BCUT2D eigenvalue weighted by atomic mass is 16.2. The van der Waals surface area contributed by atoms with Gasteiger partial charge in [-0.3, -0.25) is 14.2 Å². The Hall–Kier alpha value is -2.01. The van der Waals surface area contributed by atoms with Crippen LogP contribution in [0, 0.1) is 0 Å². The number of hydrogen-bond donors (Lipinski definition) is 0. The summed E-state index contributed by atoms with van der Waals surface area (Å²) in [5.74, 6) is -0.0908. The van der Waals surface area contributed by atoms with Crippen LogP contribution in [0.4, 0.5) is 0 Å². The molecule has 1 aromatic carbocycles. The number of Topliss-reactive ketones (excluding diaryl/α,β-unsaturated/α-hetero) is 1. The molecule has 0 unspecified atom stereocenters. The van der Waals surface area contributed by atoms with E-state index >= 15 is 0 Å². The molecule has 0 radical (unpaired) electrons. The van der Waals surface area contributed by atoms with Gasteiger partial charge in [0.25, 0.3) is 0 Å². The van der Waals surface area contributed by atoms with Crippen molar-refractivity contribution in [3.8, 4) is 0 Å². The van der Waals surface area contributed by atoms with Crippen molar-refractivity contribution >= 4 is 22.7 Å². The number of aromatic nitrogens is 2. The number of para-hydroxylation sites is 2. The summed E-state index contributed by atoms with van der Waals surface area (Å²) in [5.41, 5.74) is 1.36. The van der Waals surface area contributed by atoms with Gasteiger partial charge in [-0.25, -0.2) is 4.98 Å². The van der Waals surface area contributed by atoms with Crippen molar-refractivity contribution in [2.45, 2.75) is 13.3 Å². The Morgan fingerprint density at radius 3 is 2.58 bits per heavy atom. The summed E-state index contributed by atoms with van der Waals surface area (Å²) >= 11 is 0. The van der Waals surface area contributed by atoms with E-state index in [0.717, 1.165) is 0 Å². The first kappa shape index (κ1) is 13.4. The van der Waals surface area contributed by atoms with Crippen molar-refractivity contribution in [2.75, 3.05) is 20.6 Å². The smallest absolute Gasteiger partial charge is 0.234 e. The van der Waals surface area contributed by atoms with E-state index in [9.17, 15) is 9.59 Å². The van der Waals surface area contributed by atoms with Gasteiger partial charge >= 0.3 is 0 Å². The summed E-state index contributed by atoms with van der Waals surface area (Å²) in [6.07, 6.45) is 0.355. The molecule has 1 heterocycles. The lowest BCUT2D eigenvalue weighted by molar-refractivity contribution is 0.0874. The molecular formula is C14H17N3O2. The van der Waals surface area contributed by atoms with Crippen LogP contribution in [0.5, 0.6) is 0 Å². The maximum Gasteiger partial charge on any atom is 0.234 e. The Labute approximate surface area is 111 Å². The Kier molecular flexibility index (Phi) is 3.76. The quantitative estimate of drug-likeness (QED) is 0.786. The summed E-state index contributed by atoms with van der Waals surface area (Å²) in [6.45, 7) is 2.07. The number of carbonyl (C=O) groups excluding carboxylic acids is 2. The summed E-state index contributed by atoms with van der Waals surface area (Å²) in [6, 6.07) is 7.29. The fourth-order valence-corrected chi connectivity index (χ4v) is 1.95. The van der Waals surface area contributed by atoms with Crippen LogP contribution in [0.3, 0.4) is 0 Å². The first-order chi connectivity index (χ1) is 9.00. The van der Waals surface area contributed by atoms with Crippen molar-refractivity contribution in [3.63, 3.8) is 0 Å². The largest absolute Gasteiger partial charge is 0.309 e. The Balaban J connectivity index is 2.47. The summed E-state index contributed by atoms with van der Waals surface area (Å²) in [4.78, 5) is 30.1. The highest BCUT2D eigenvalue weighted by molar-refractivity contribution is 6.01. The molecule has 0 fully saturated rings. The van der Waals surface area contributed by atoms with Crippen molar-refractivity contribution in [1.29, 1.82) is 0 Å². The van der Waals surface area contributed by atoms with E-state index in [-0.39, 0.29) is 17.5 Å². The lowest BCUT2D eigenvalue weighted by Gasteiger charge is -2.10. The number of nitrogens with zero attached hydrogens (tertiary/aromatic N) is 3. The van der Waals surface area contributed by atoms with Gasteiger partial charge in [-0.05, 0) is 26.2 Å². The number of hydrogen-bond acceptors (Lipinski definition) is 4. The lowest BCUT2D eigenvalue weighted by Crippen LogP contribution is -2.22. The monoisotopic (exact) mass is 259 g/mol. The lowest BCUT2D eigenvalue weighted by atomic mass is 10.3. The third-order valence-electron chi connectivity index (χ3n) is 2.90. The molecule has 0 aliphatic heterocycles. The molecule has 0 N–H and O–H groups in total. The highest BCUT2D eigenvalue weighted by Gasteiger charge is 2.19. The van der Waals surface area contributed by atoms with Gasteiger partial charge in [0.2, 0.25) is 5.91 Å². The van der Waals surface area contributed by atoms with Crippen LogP contribution in [0.2, 0.25) is 0 Å². The molecule has 100 valence electrons. The van der Waals surface area contributed by atoms with Crippen molar-refractivity contribution in [2.24, 2.45) is 0 Å². The van der Waals surface area contributed by atoms with Gasteiger partial charge in [0, 0.05) is 19.9 Å². The van der Waals surface area contributed by atoms with E-state index < -0.39 is 0 Å². The Morgan fingerprint density at radius 1 is 1.26 bits per heavy atom. The van der Waals surface area contributed by atoms with Gasteiger partial charge < -0.3 is 4.90 Å². The molecular weight excluding hydrogens is 242 g/mol. The summed E-state index contributed by atoms with van der Waals surface area (Å²) in [5, 5.41) is 0. The molecule has 1 aromatic heterocycles. The number of rotatable bonds is 4. The van der Waals surface area contributed by atoms with Crippen LogP contribution in [-0.4, -0.2) is 46.8 Å². The molecule has 0 atom stereocenters. The van der Waals surface area contributed by atoms with E-state index in [2.05, 4.69) is 4.98 Å². The fourth-order valence-electron chi connectivity index (χ4n) is 1.95. The van der Waals surface area contributed by atoms with E-state index in [1.807, 2.05) is 37.2 Å². The molecule has 2 aromatic rings. The first-order valence-corrected chi connectivity index (χ1v) is 6.17. The number of ketones is 1. The average molecular weight is 259 g/mol. The predicted octanol–water partition coefficient (Wildman–Crippen LogP) is 1.83. The summed E-state index contributed by atoms with van der Waals surface area (Å²) in [7, 11) is 3.82. The third-order valence-corrected chi connectivity index (χ3v) is 2.90. The average Bonchev–Trinajstić information content (AvgIpc) is 2.75. The number of imidazole rings is 1. The summed E-state index contributed by atoms with van der Waals surface area (Å²) < 4.78 is 1.43. The van der Waals surface area contributed by atoms with Gasteiger partial charge in [0.1, 0.15) is 0 Å². The van der Waals surface area contributed by atoms with Crippen LogP contribution in [0.1, 0.15) is 28.8 Å². The second-order valence-corrected chi connectivity index (χ2v) is 4.76. The van der Waals surface area contributed by atoms with E-state index in [0.29, 0.717) is 24.0 Å². The van der Waals surface area contributed by atoms with Crippen LogP contribution in [-0.2, 0) is 0 Å². The molecule has 19 heavy (non-hydrogen) atoms. The van der Waals surface area contributed by atoms with Gasteiger partial charge in [0.15, 0.2) is 11.6 Å². The van der Waals surface area contributed by atoms with Gasteiger partial charge in [-0.15, -0.1) is 0 Å². The van der Waals surface area contributed by atoms with Gasteiger partial charge in [-0.2, -0.15) is 0 Å². The molecule has 0 aliphatic carbocycles. The zero-order valence-electron chi connectivity index (χ0n) is 11.4. The second-order valence-electron chi connectivity index (χ2n) is 4.76. The van der Waals surface area contributed by atoms with Crippen molar-refractivity contribution in [3.05, 3.63) is 30.1 Å². The zero-order chi connectivity index (χ0) is 14.0. The van der Waals surface area contributed by atoms with Crippen LogP contribution in [0.25, 0.3) is 11.0 Å². The minimum Gasteiger partial charge on any atom is -0.309 e. The van der Waals surface area contributed by atoms with Crippen LogP contribution >= 0.6 is 0 Å². The molecule has 0 aliphatic rings. The normalized spacial score (nSPS) is 11.2. The maximum absolute atomic E-state index is 12.3. The SMILES string of the molecule is CC(=O)c1nc2ccccc2n1C(=O)CCN(C)C. The minimum atomic E-state index is -0.200. The molecule has 0 amide bonds. The molecule has 0 spiro atoms. The highest BCUT2D eigenvalue weighted by Crippen LogP contribution is 2.17. The Bertz CT molecular complexity index is 629. The molecule has 5 nitrogen and oxygen atoms in total. The van der Waals surface area contributed by atoms with Gasteiger partial charge in [0.05, 0.1) is 11.0 Å². The van der Waals surface area contributed by atoms with E-state index in [4.69, 9.17) is 0 Å².